The second-order valence-electron chi connectivity index (χ2n) is 9.45. The van der Waals surface area contributed by atoms with Gasteiger partial charge in [0, 0.05) is 47.0 Å². The molecule has 5 heterocycles. The van der Waals surface area contributed by atoms with Crippen molar-refractivity contribution in [3.05, 3.63) is 79.5 Å². The number of pyridine rings is 3. The number of carbonyl (C=O) groups excluding carboxylic acids is 1. The minimum atomic E-state index is 0.0799. The van der Waals surface area contributed by atoms with Crippen molar-refractivity contribution in [1.82, 2.24) is 30.1 Å². The Hall–Kier alpha value is -4.85. The molecule has 0 radical (unpaired) electrons. The molecule has 1 aliphatic rings. The molecule has 0 unspecified atom stereocenters. The zero-order valence-corrected chi connectivity index (χ0v) is 19.9. The Kier molecular flexibility index (Phi) is 5.02. The number of benzene rings is 1. The predicted molar refractivity (Wildman–Crippen MR) is 144 cm³/mol. The quantitative estimate of drug-likeness (QED) is 0.279. The molecule has 5 aromatic heterocycles. The molecular weight excluding hydrogens is 462 g/mol. The summed E-state index contributed by atoms with van der Waals surface area (Å²) in [5.74, 6) is 0.203. The molecule has 1 aliphatic carbocycles. The Balaban J connectivity index is 1.26. The van der Waals surface area contributed by atoms with E-state index in [9.17, 15) is 4.79 Å². The van der Waals surface area contributed by atoms with E-state index in [0.717, 1.165) is 74.8 Å². The first-order valence-corrected chi connectivity index (χ1v) is 12.4. The van der Waals surface area contributed by atoms with Gasteiger partial charge in [0.2, 0.25) is 5.91 Å². The van der Waals surface area contributed by atoms with E-state index < -0.39 is 0 Å². The van der Waals surface area contributed by atoms with Gasteiger partial charge in [0.1, 0.15) is 11.3 Å². The number of amides is 1. The molecule has 0 aliphatic heterocycles. The summed E-state index contributed by atoms with van der Waals surface area (Å²) in [7, 11) is 0. The van der Waals surface area contributed by atoms with Crippen molar-refractivity contribution in [2.75, 3.05) is 5.32 Å². The average molecular weight is 486 g/mol. The summed E-state index contributed by atoms with van der Waals surface area (Å²) in [5.41, 5.74) is 8.24. The Bertz CT molecular complexity index is 1770. The molecule has 1 aromatic carbocycles. The third kappa shape index (κ3) is 3.83. The summed E-state index contributed by atoms with van der Waals surface area (Å²) in [5, 5.41) is 12.8. The highest BCUT2D eigenvalue weighted by molar-refractivity contribution is 6.01. The molecule has 1 saturated carbocycles. The van der Waals surface area contributed by atoms with Gasteiger partial charge in [-0.25, -0.2) is 4.98 Å². The van der Waals surface area contributed by atoms with Gasteiger partial charge in [0.15, 0.2) is 0 Å². The smallest absolute Gasteiger partial charge is 0.227 e. The Morgan fingerprint density at radius 1 is 0.865 bits per heavy atom. The first-order chi connectivity index (χ1) is 18.2. The molecule has 0 spiro atoms. The summed E-state index contributed by atoms with van der Waals surface area (Å²) >= 11 is 0. The van der Waals surface area contributed by atoms with Gasteiger partial charge in [-0.3, -0.25) is 19.9 Å². The van der Waals surface area contributed by atoms with E-state index in [1.165, 1.54) is 0 Å². The van der Waals surface area contributed by atoms with Crippen LogP contribution in [0.5, 0.6) is 0 Å². The van der Waals surface area contributed by atoms with Crippen LogP contribution in [0.3, 0.4) is 0 Å². The summed E-state index contributed by atoms with van der Waals surface area (Å²) in [4.78, 5) is 28.9. The third-order valence-corrected chi connectivity index (χ3v) is 7.16. The van der Waals surface area contributed by atoms with Crippen LogP contribution in [0.15, 0.2) is 79.5 Å². The Morgan fingerprint density at radius 2 is 1.76 bits per heavy atom. The van der Waals surface area contributed by atoms with Crippen LogP contribution >= 0.6 is 0 Å². The lowest BCUT2D eigenvalue weighted by Crippen LogP contribution is -2.28. The van der Waals surface area contributed by atoms with Crippen molar-refractivity contribution in [2.24, 2.45) is 5.92 Å². The highest BCUT2D eigenvalue weighted by atomic mass is 16.1. The fraction of sp³-hybridized carbons (Fsp3) is 0.138. The molecule has 6 aromatic rings. The van der Waals surface area contributed by atoms with Crippen molar-refractivity contribution in [1.29, 1.82) is 0 Å². The summed E-state index contributed by atoms with van der Waals surface area (Å²) < 4.78 is 0. The Morgan fingerprint density at radius 3 is 2.59 bits per heavy atom. The minimum absolute atomic E-state index is 0.0799. The van der Waals surface area contributed by atoms with E-state index >= 15 is 0 Å². The number of carbonyl (C=O) groups is 1. The van der Waals surface area contributed by atoms with Crippen molar-refractivity contribution >= 4 is 33.5 Å². The molecular formula is C29H23N7O. The SMILES string of the molecule is O=C(Nc1cncc(-c2ccc3[nH]nc(-c4cc5c(-c6ccncc6)ccnc5[nH]4)c3c2)c1)C1CCC1. The normalized spacial score (nSPS) is 13.6. The molecule has 8 heteroatoms. The molecule has 0 bridgehead atoms. The van der Waals surface area contributed by atoms with E-state index in [0.29, 0.717) is 5.69 Å². The molecule has 8 nitrogen and oxygen atoms in total. The van der Waals surface area contributed by atoms with E-state index in [2.05, 4.69) is 47.6 Å². The van der Waals surface area contributed by atoms with Gasteiger partial charge in [0.25, 0.3) is 0 Å². The predicted octanol–water partition coefficient (Wildman–Crippen LogP) is 5.97. The van der Waals surface area contributed by atoms with Crippen molar-refractivity contribution in [2.45, 2.75) is 19.3 Å². The number of aromatic amines is 2. The number of anilines is 1. The first-order valence-electron chi connectivity index (χ1n) is 12.4. The maximum atomic E-state index is 12.4. The zero-order valence-electron chi connectivity index (χ0n) is 19.9. The second kappa shape index (κ2) is 8.67. The lowest BCUT2D eigenvalue weighted by molar-refractivity contribution is -0.122. The van der Waals surface area contributed by atoms with Crippen molar-refractivity contribution < 1.29 is 4.79 Å². The topological polar surface area (TPSA) is 112 Å². The highest BCUT2D eigenvalue weighted by Crippen LogP contribution is 2.35. The molecule has 180 valence electrons. The van der Waals surface area contributed by atoms with Gasteiger partial charge >= 0.3 is 0 Å². The number of nitrogens with one attached hydrogen (secondary N) is 3. The second-order valence-corrected chi connectivity index (χ2v) is 9.45. The molecule has 7 rings (SSSR count). The van der Waals surface area contributed by atoms with Gasteiger partial charge in [-0.05, 0) is 72.0 Å². The van der Waals surface area contributed by atoms with Crippen LogP contribution in [-0.4, -0.2) is 36.0 Å². The zero-order chi connectivity index (χ0) is 24.8. The number of aromatic nitrogens is 6. The monoisotopic (exact) mass is 485 g/mol. The lowest BCUT2D eigenvalue weighted by Gasteiger charge is -2.24. The van der Waals surface area contributed by atoms with Gasteiger partial charge in [-0.15, -0.1) is 0 Å². The van der Waals surface area contributed by atoms with Gasteiger partial charge < -0.3 is 10.3 Å². The first kappa shape index (κ1) is 21.4. The molecule has 0 atom stereocenters. The maximum absolute atomic E-state index is 12.4. The lowest BCUT2D eigenvalue weighted by atomic mass is 9.85. The Labute approximate surface area is 212 Å². The summed E-state index contributed by atoms with van der Waals surface area (Å²) in [6.07, 6.45) is 12.0. The van der Waals surface area contributed by atoms with Gasteiger partial charge in [-0.2, -0.15) is 5.10 Å². The van der Waals surface area contributed by atoms with Crippen LogP contribution < -0.4 is 5.32 Å². The van der Waals surface area contributed by atoms with E-state index in [-0.39, 0.29) is 11.8 Å². The summed E-state index contributed by atoms with van der Waals surface area (Å²) in [6, 6.07) is 16.2. The fourth-order valence-electron chi connectivity index (χ4n) is 4.92. The van der Waals surface area contributed by atoms with E-state index in [4.69, 9.17) is 0 Å². The fourth-order valence-corrected chi connectivity index (χ4v) is 4.92. The van der Waals surface area contributed by atoms with Gasteiger partial charge in [-0.1, -0.05) is 12.5 Å². The minimum Gasteiger partial charge on any atom is -0.338 e. The highest BCUT2D eigenvalue weighted by Gasteiger charge is 2.25. The van der Waals surface area contributed by atoms with Gasteiger partial charge in [0.05, 0.1) is 23.1 Å². The number of hydrogen-bond acceptors (Lipinski definition) is 5. The number of H-pyrrole nitrogens is 2. The average Bonchev–Trinajstić information content (AvgIpc) is 3.52. The molecule has 37 heavy (non-hydrogen) atoms. The largest absolute Gasteiger partial charge is 0.338 e. The maximum Gasteiger partial charge on any atom is 0.227 e. The van der Waals surface area contributed by atoms with Crippen LogP contribution in [0.25, 0.3) is 55.6 Å². The van der Waals surface area contributed by atoms with Crippen molar-refractivity contribution in [3.8, 4) is 33.6 Å². The number of rotatable bonds is 5. The molecule has 1 amide bonds. The number of nitrogens with zero attached hydrogens (tertiary/aromatic N) is 4. The van der Waals surface area contributed by atoms with Crippen molar-refractivity contribution in [3.63, 3.8) is 0 Å². The molecule has 1 fully saturated rings. The van der Waals surface area contributed by atoms with E-state index in [1.807, 2.05) is 48.8 Å². The van der Waals surface area contributed by atoms with E-state index in [1.54, 1.807) is 18.6 Å². The van der Waals surface area contributed by atoms with Crippen LogP contribution in [0.2, 0.25) is 0 Å². The summed E-state index contributed by atoms with van der Waals surface area (Å²) in [6.45, 7) is 0. The van der Waals surface area contributed by atoms with Crippen LogP contribution in [-0.2, 0) is 4.79 Å². The standard InChI is InChI=1S/C29H23N7O/c37-29(18-2-1-3-18)33-21-12-20(15-31-16-21)19-4-5-25-24(13-19)27(36-35-25)26-14-23-22(8-11-32-28(23)34-26)17-6-9-30-10-7-17/h4-16,18H,1-3H2,(H,32,34)(H,33,37)(H,35,36). The van der Waals surface area contributed by atoms with Crippen LogP contribution in [0.4, 0.5) is 5.69 Å². The molecule has 3 N–H and O–H groups in total. The molecule has 0 saturated heterocycles. The number of hydrogen-bond donors (Lipinski definition) is 3. The van der Waals surface area contributed by atoms with Crippen LogP contribution in [0.1, 0.15) is 19.3 Å². The van der Waals surface area contributed by atoms with Crippen LogP contribution in [0, 0.1) is 5.92 Å². The third-order valence-electron chi connectivity index (χ3n) is 7.16. The number of fused-ring (bicyclic) bond motifs is 2.